The maximum atomic E-state index is 11.8. The zero-order valence-corrected chi connectivity index (χ0v) is 12.8. The number of hydrogen-bond acceptors (Lipinski definition) is 2. The quantitative estimate of drug-likeness (QED) is 0.874. The van der Waals surface area contributed by atoms with Gasteiger partial charge in [-0.1, -0.05) is 36.8 Å². The van der Waals surface area contributed by atoms with E-state index in [1.807, 2.05) is 37.3 Å². The lowest BCUT2D eigenvalue weighted by Gasteiger charge is -2.29. The van der Waals surface area contributed by atoms with Crippen LogP contribution < -0.4 is 5.32 Å². The van der Waals surface area contributed by atoms with E-state index < -0.39 is 0 Å². The summed E-state index contributed by atoms with van der Waals surface area (Å²) in [6, 6.07) is 9.98. The fourth-order valence-corrected chi connectivity index (χ4v) is 2.65. The minimum absolute atomic E-state index is 0.0179. The Bertz CT molecular complexity index is 483. The molecule has 1 N–H and O–H groups in total. The third-order valence-corrected chi connectivity index (χ3v) is 4.28. The summed E-state index contributed by atoms with van der Waals surface area (Å²) in [5.41, 5.74) is 1.11. The maximum absolute atomic E-state index is 11.8. The molecule has 21 heavy (non-hydrogen) atoms. The van der Waals surface area contributed by atoms with Crippen LogP contribution in [0.15, 0.2) is 30.3 Å². The monoisotopic (exact) mass is 288 g/mol. The summed E-state index contributed by atoms with van der Waals surface area (Å²) >= 11 is 0. The maximum Gasteiger partial charge on any atom is 0.223 e. The fraction of sp³-hybridized carbons (Fsp3) is 0.529. The molecule has 4 nitrogen and oxygen atoms in total. The molecule has 1 saturated carbocycles. The summed E-state index contributed by atoms with van der Waals surface area (Å²) in [6.07, 6.45) is 3.16. The first-order chi connectivity index (χ1) is 10.1. The number of amides is 2. The van der Waals surface area contributed by atoms with Gasteiger partial charge >= 0.3 is 0 Å². The molecule has 114 valence electrons. The van der Waals surface area contributed by atoms with Crippen LogP contribution in [0.5, 0.6) is 0 Å². The van der Waals surface area contributed by atoms with Crippen LogP contribution in [0.2, 0.25) is 0 Å². The van der Waals surface area contributed by atoms with Crippen LogP contribution in [0.1, 0.15) is 44.7 Å². The third-order valence-electron chi connectivity index (χ3n) is 4.28. The molecule has 0 aliphatic heterocycles. The van der Waals surface area contributed by atoms with Gasteiger partial charge in [0.15, 0.2) is 0 Å². The van der Waals surface area contributed by atoms with E-state index in [-0.39, 0.29) is 23.8 Å². The zero-order chi connectivity index (χ0) is 15.2. The van der Waals surface area contributed by atoms with Crippen molar-refractivity contribution in [2.75, 3.05) is 13.1 Å². The number of carbonyl (C=O) groups is 2. The van der Waals surface area contributed by atoms with E-state index in [1.165, 1.54) is 0 Å². The first kappa shape index (κ1) is 15.5. The first-order valence-corrected chi connectivity index (χ1v) is 7.69. The molecule has 1 aliphatic carbocycles. The Morgan fingerprint density at radius 2 is 1.95 bits per heavy atom. The topological polar surface area (TPSA) is 49.4 Å². The largest absolute Gasteiger partial charge is 0.354 e. The molecule has 4 heteroatoms. The average molecular weight is 288 g/mol. The summed E-state index contributed by atoms with van der Waals surface area (Å²) < 4.78 is 0. The Morgan fingerprint density at radius 1 is 1.29 bits per heavy atom. The summed E-state index contributed by atoms with van der Waals surface area (Å²) in [6.45, 7) is 4.66. The van der Waals surface area contributed by atoms with Gasteiger partial charge in [-0.2, -0.15) is 0 Å². The second-order valence-electron chi connectivity index (χ2n) is 5.72. The number of nitrogens with one attached hydrogen (secondary N) is 1. The van der Waals surface area contributed by atoms with Crippen molar-refractivity contribution in [3.8, 4) is 0 Å². The van der Waals surface area contributed by atoms with Crippen LogP contribution in [0, 0.1) is 5.92 Å². The zero-order valence-electron chi connectivity index (χ0n) is 12.8. The number of nitrogens with zero attached hydrogens (tertiary/aromatic N) is 1. The molecule has 2 amide bonds. The third kappa shape index (κ3) is 4.06. The molecule has 0 saturated heterocycles. The van der Waals surface area contributed by atoms with Crippen molar-refractivity contribution in [3.05, 3.63) is 35.9 Å². The lowest BCUT2D eigenvalue weighted by Crippen LogP contribution is -2.41. The molecular weight excluding hydrogens is 264 g/mol. The number of hydrogen-bond donors (Lipinski definition) is 1. The molecule has 0 heterocycles. The van der Waals surface area contributed by atoms with Crippen molar-refractivity contribution in [2.24, 2.45) is 5.92 Å². The highest BCUT2D eigenvalue weighted by molar-refractivity contribution is 5.79. The van der Waals surface area contributed by atoms with Crippen LogP contribution in [-0.4, -0.2) is 29.8 Å². The molecule has 1 atom stereocenters. The van der Waals surface area contributed by atoms with Gasteiger partial charge in [-0.05, 0) is 25.3 Å². The van der Waals surface area contributed by atoms with Crippen molar-refractivity contribution in [3.63, 3.8) is 0 Å². The van der Waals surface area contributed by atoms with Crippen molar-refractivity contribution in [1.29, 1.82) is 0 Å². The lowest BCUT2D eigenvalue weighted by atomic mass is 9.85. The van der Waals surface area contributed by atoms with Crippen molar-refractivity contribution in [1.82, 2.24) is 10.2 Å². The molecule has 0 spiro atoms. The van der Waals surface area contributed by atoms with Gasteiger partial charge in [-0.15, -0.1) is 0 Å². The second-order valence-corrected chi connectivity index (χ2v) is 5.72. The molecule has 1 aliphatic rings. The Kier molecular flexibility index (Phi) is 5.37. The van der Waals surface area contributed by atoms with Gasteiger partial charge in [0, 0.05) is 25.9 Å². The lowest BCUT2D eigenvalue weighted by molar-refractivity contribution is -0.132. The van der Waals surface area contributed by atoms with E-state index in [9.17, 15) is 9.59 Å². The fourth-order valence-electron chi connectivity index (χ4n) is 2.65. The summed E-state index contributed by atoms with van der Waals surface area (Å²) in [4.78, 5) is 25.5. The van der Waals surface area contributed by atoms with Gasteiger partial charge < -0.3 is 10.2 Å². The predicted octanol–water partition coefficient (Wildman–Crippen LogP) is 2.51. The van der Waals surface area contributed by atoms with Gasteiger partial charge in [0.25, 0.3) is 0 Å². The Balaban J connectivity index is 1.87. The molecule has 1 aromatic carbocycles. The van der Waals surface area contributed by atoms with Gasteiger partial charge in [-0.25, -0.2) is 0 Å². The van der Waals surface area contributed by atoms with Crippen LogP contribution in [0.25, 0.3) is 0 Å². The molecule has 0 aromatic heterocycles. The van der Waals surface area contributed by atoms with E-state index in [2.05, 4.69) is 5.32 Å². The molecule has 1 unspecified atom stereocenters. The summed E-state index contributed by atoms with van der Waals surface area (Å²) in [5.74, 6) is 0.365. The van der Waals surface area contributed by atoms with E-state index in [0.717, 1.165) is 24.8 Å². The van der Waals surface area contributed by atoms with Crippen LogP contribution in [0.4, 0.5) is 0 Å². The van der Waals surface area contributed by atoms with Crippen molar-refractivity contribution in [2.45, 2.75) is 39.2 Å². The highest BCUT2D eigenvalue weighted by Gasteiger charge is 2.25. The molecule has 0 bridgehead atoms. The highest BCUT2D eigenvalue weighted by atomic mass is 16.2. The number of rotatable bonds is 6. The summed E-state index contributed by atoms with van der Waals surface area (Å²) in [5, 5.41) is 2.94. The SMILES string of the molecule is CC(=O)N(CCNC(=O)C1CCC1)C(C)c1ccccc1. The molecule has 1 aromatic rings. The predicted molar refractivity (Wildman–Crippen MR) is 82.6 cm³/mol. The van der Waals surface area contributed by atoms with Gasteiger partial charge in [-0.3, -0.25) is 9.59 Å². The van der Waals surface area contributed by atoms with Gasteiger partial charge in [0.05, 0.1) is 6.04 Å². The normalized spacial score (nSPS) is 15.9. The minimum atomic E-state index is 0.0179. The van der Waals surface area contributed by atoms with E-state index >= 15 is 0 Å². The average Bonchev–Trinajstić information content (AvgIpc) is 2.41. The van der Waals surface area contributed by atoms with Crippen molar-refractivity contribution >= 4 is 11.8 Å². The van der Waals surface area contributed by atoms with E-state index in [4.69, 9.17) is 0 Å². The summed E-state index contributed by atoms with van der Waals surface area (Å²) in [7, 11) is 0. The van der Waals surface area contributed by atoms with Gasteiger partial charge in [0.1, 0.15) is 0 Å². The first-order valence-electron chi connectivity index (χ1n) is 7.69. The van der Waals surface area contributed by atoms with Gasteiger partial charge in [0.2, 0.25) is 11.8 Å². The smallest absolute Gasteiger partial charge is 0.223 e. The van der Waals surface area contributed by atoms with Crippen LogP contribution in [-0.2, 0) is 9.59 Å². The Morgan fingerprint density at radius 3 is 2.48 bits per heavy atom. The standard InChI is InChI=1S/C17H24N2O2/c1-13(15-7-4-3-5-8-15)19(14(2)20)12-11-18-17(21)16-9-6-10-16/h3-5,7-8,13,16H,6,9-12H2,1-2H3,(H,18,21). The van der Waals surface area contributed by atoms with Crippen LogP contribution >= 0.6 is 0 Å². The molecule has 1 fully saturated rings. The molecular formula is C17H24N2O2. The number of benzene rings is 1. The van der Waals surface area contributed by atoms with Crippen LogP contribution in [0.3, 0.4) is 0 Å². The highest BCUT2D eigenvalue weighted by Crippen LogP contribution is 2.26. The molecule has 0 radical (unpaired) electrons. The van der Waals surface area contributed by atoms with E-state index in [1.54, 1.807) is 11.8 Å². The minimum Gasteiger partial charge on any atom is -0.354 e. The van der Waals surface area contributed by atoms with E-state index in [0.29, 0.717) is 13.1 Å². The Labute approximate surface area is 126 Å². The molecule has 2 rings (SSSR count). The second kappa shape index (κ2) is 7.25. The Hall–Kier alpha value is -1.84. The van der Waals surface area contributed by atoms with Crippen molar-refractivity contribution < 1.29 is 9.59 Å². The number of carbonyl (C=O) groups excluding carboxylic acids is 2.